The highest BCUT2D eigenvalue weighted by molar-refractivity contribution is 7.99. The molecule has 1 aliphatic rings. The molecule has 1 aromatic heterocycles. The van der Waals surface area contributed by atoms with Crippen LogP contribution < -0.4 is 0 Å². The van der Waals surface area contributed by atoms with Crippen molar-refractivity contribution in [3.05, 3.63) is 76.3 Å². The average molecular weight is 536 g/mol. The summed E-state index contributed by atoms with van der Waals surface area (Å²) in [5.74, 6) is 0.969. The second-order valence-corrected chi connectivity index (χ2v) is 13.1. The minimum absolute atomic E-state index is 0.283. The number of aryl methyl sites for hydroxylation is 1. The Bertz CT molecular complexity index is 1300. The van der Waals surface area contributed by atoms with Crippen LogP contribution >= 0.6 is 23.4 Å². The molecule has 0 N–H and O–H groups in total. The number of halogens is 2. The standard InChI is InChI=1S/C26H31ClFN3O2S2/c1-18-15-20(5-10-23(18)27)26(2,3)24-16-29-25(31(24)22-8-6-21(28)7-9-22)34-17-19-11-13-30(14-12-19)35(4,32)33/h5-10,15-16,19H,11-14,17H2,1-4H3. The predicted octanol–water partition coefficient (Wildman–Crippen LogP) is 6.06. The second kappa shape index (κ2) is 10.2. The Morgan fingerprint density at radius 2 is 1.80 bits per heavy atom. The zero-order valence-corrected chi connectivity index (χ0v) is 22.9. The number of rotatable bonds is 7. The van der Waals surface area contributed by atoms with E-state index in [0.29, 0.717) is 19.0 Å². The van der Waals surface area contributed by atoms with Crippen LogP contribution in [0, 0.1) is 18.7 Å². The highest BCUT2D eigenvalue weighted by Crippen LogP contribution is 2.38. The molecule has 35 heavy (non-hydrogen) atoms. The second-order valence-electron chi connectivity index (χ2n) is 9.74. The maximum absolute atomic E-state index is 13.7. The van der Waals surface area contributed by atoms with Crippen molar-refractivity contribution in [2.24, 2.45) is 5.92 Å². The summed E-state index contributed by atoms with van der Waals surface area (Å²) in [7, 11) is -3.14. The van der Waals surface area contributed by atoms with Gasteiger partial charge in [0.15, 0.2) is 5.16 Å². The van der Waals surface area contributed by atoms with Gasteiger partial charge in [-0.2, -0.15) is 0 Å². The number of imidazole rings is 1. The Labute approximate surface area is 216 Å². The molecule has 0 aliphatic carbocycles. The molecule has 0 unspecified atom stereocenters. The van der Waals surface area contributed by atoms with Crippen molar-refractivity contribution in [1.82, 2.24) is 13.9 Å². The fourth-order valence-electron chi connectivity index (χ4n) is 4.50. The van der Waals surface area contributed by atoms with Crippen molar-refractivity contribution in [2.75, 3.05) is 25.1 Å². The monoisotopic (exact) mass is 535 g/mol. The van der Waals surface area contributed by atoms with Crippen LogP contribution in [-0.4, -0.2) is 47.4 Å². The molecule has 0 radical (unpaired) electrons. The number of thioether (sulfide) groups is 1. The summed E-state index contributed by atoms with van der Waals surface area (Å²) >= 11 is 7.95. The van der Waals surface area contributed by atoms with Crippen LogP contribution in [0.5, 0.6) is 0 Å². The molecule has 1 fully saturated rings. The van der Waals surface area contributed by atoms with Gasteiger partial charge < -0.3 is 0 Å². The van der Waals surface area contributed by atoms with Crippen LogP contribution in [0.15, 0.2) is 53.8 Å². The average Bonchev–Trinajstić information content (AvgIpc) is 3.24. The lowest BCUT2D eigenvalue weighted by molar-refractivity contribution is 0.292. The minimum Gasteiger partial charge on any atom is -0.291 e. The van der Waals surface area contributed by atoms with Crippen LogP contribution in [0.1, 0.15) is 43.5 Å². The zero-order chi connectivity index (χ0) is 25.4. The third-order valence-corrected chi connectivity index (χ3v) is 9.74. The third kappa shape index (κ3) is 5.77. The van der Waals surface area contributed by atoms with E-state index >= 15 is 0 Å². The number of aromatic nitrogens is 2. The van der Waals surface area contributed by atoms with Crippen LogP contribution in [0.3, 0.4) is 0 Å². The van der Waals surface area contributed by atoms with Crippen LogP contribution in [0.2, 0.25) is 5.02 Å². The molecule has 2 aromatic carbocycles. The summed E-state index contributed by atoms with van der Waals surface area (Å²) < 4.78 is 41.0. The highest BCUT2D eigenvalue weighted by Gasteiger charge is 2.31. The smallest absolute Gasteiger partial charge is 0.211 e. The summed E-state index contributed by atoms with van der Waals surface area (Å²) in [5, 5.41) is 1.57. The molecule has 0 saturated carbocycles. The van der Waals surface area contributed by atoms with Gasteiger partial charge >= 0.3 is 0 Å². The molecule has 2 heterocycles. The number of benzene rings is 2. The normalized spacial score (nSPS) is 16.1. The van der Waals surface area contributed by atoms with Gasteiger partial charge in [0.25, 0.3) is 0 Å². The zero-order valence-electron chi connectivity index (χ0n) is 20.5. The molecular formula is C26H31ClFN3O2S2. The van der Waals surface area contributed by atoms with Crippen molar-refractivity contribution >= 4 is 33.4 Å². The van der Waals surface area contributed by atoms with E-state index in [-0.39, 0.29) is 11.2 Å². The van der Waals surface area contributed by atoms with E-state index in [0.717, 1.165) is 51.3 Å². The largest absolute Gasteiger partial charge is 0.291 e. The number of nitrogens with zero attached hydrogens (tertiary/aromatic N) is 3. The minimum atomic E-state index is -3.14. The molecular weight excluding hydrogens is 505 g/mol. The van der Waals surface area contributed by atoms with E-state index in [9.17, 15) is 12.8 Å². The van der Waals surface area contributed by atoms with Crippen molar-refractivity contribution in [2.45, 2.75) is 44.2 Å². The molecule has 0 bridgehead atoms. The van der Waals surface area contributed by atoms with Gasteiger partial charge in [0.05, 0.1) is 18.1 Å². The van der Waals surface area contributed by atoms with Gasteiger partial charge in [0.2, 0.25) is 10.0 Å². The topological polar surface area (TPSA) is 55.2 Å². The molecule has 0 amide bonds. The summed E-state index contributed by atoms with van der Waals surface area (Å²) in [5.41, 5.74) is 3.61. The van der Waals surface area contributed by atoms with Gasteiger partial charge in [-0.3, -0.25) is 4.57 Å². The van der Waals surface area contributed by atoms with Gasteiger partial charge in [-0.1, -0.05) is 49.3 Å². The Balaban J connectivity index is 1.63. The summed E-state index contributed by atoms with van der Waals surface area (Å²) in [4.78, 5) is 4.79. The lowest BCUT2D eigenvalue weighted by atomic mass is 9.81. The molecule has 188 valence electrons. The van der Waals surface area contributed by atoms with Crippen LogP contribution in [-0.2, 0) is 15.4 Å². The number of piperidine rings is 1. The molecule has 3 aromatic rings. The Kier molecular flexibility index (Phi) is 7.67. The first-order chi connectivity index (χ1) is 16.5. The maximum Gasteiger partial charge on any atom is 0.211 e. The van der Waals surface area contributed by atoms with Crippen LogP contribution in [0.25, 0.3) is 5.69 Å². The van der Waals surface area contributed by atoms with Gasteiger partial charge in [-0.15, -0.1) is 0 Å². The van der Waals surface area contributed by atoms with Gasteiger partial charge in [-0.05, 0) is 67.1 Å². The fraction of sp³-hybridized carbons (Fsp3) is 0.423. The van der Waals surface area contributed by atoms with E-state index in [2.05, 4.69) is 24.5 Å². The summed E-state index contributed by atoms with van der Waals surface area (Å²) in [6, 6.07) is 12.6. The van der Waals surface area contributed by atoms with Crippen molar-refractivity contribution in [3.8, 4) is 5.69 Å². The van der Waals surface area contributed by atoms with E-state index in [1.807, 2.05) is 25.3 Å². The van der Waals surface area contributed by atoms with Gasteiger partial charge in [0, 0.05) is 35.0 Å². The van der Waals surface area contributed by atoms with E-state index in [1.54, 1.807) is 28.2 Å². The third-order valence-electron chi connectivity index (χ3n) is 6.82. The first-order valence-electron chi connectivity index (χ1n) is 11.7. The molecule has 1 saturated heterocycles. The number of hydrogen-bond donors (Lipinski definition) is 0. The van der Waals surface area contributed by atoms with E-state index in [4.69, 9.17) is 16.6 Å². The summed E-state index contributed by atoms with van der Waals surface area (Å²) in [6.07, 6.45) is 4.84. The maximum atomic E-state index is 13.7. The van der Waals surface area contributed by atoms with E-state index < -0.39 is 10.0 Å². The van der Waals surface area contributed by atoms with E-state index in [1.165, 1.54) is 18.4 Å². The Morgan fingerprint density at radius 1 is 1.14 bits per heavy atom. The molecule has 0 atom stereocenters. The lowest BCUT2D eigenvalue weighted by Gasteiger charge is -2.30. The lowest BCUT2D eigenvalue weighted by Crippen LogP contribution is -2.38. The SMILES string of the molecule is Cc1cc(C(C)(C)c2cnc(SCC3CCN(S(C)(=O)=O)CC3)n2-c2ccc(F)cc2)ccc1Cl. The molecule has 5 nitrogen and oxygen atoms in total. The van der Waals surface area contributed by atoms with Gasteiger partial charge in [-0.25, -0.2) is 22.1 Å². The summed E-state index contributed by atoms with van der Waals surface area (Å²) in [6.45, 7) is 7.43. The van der Waals surface area contributed by atoms with Crippen molar-refractivity contribution in [3.63, 3.8) is 0 Å². The molecule has 9 heteroatoms. The molecule has 1 aliphatic heterocycles. The number of hydrogen-bond acceptors (Lipinski definition) is 4. The first-order valence-corrected chi connectivity index (χ1v) is 14.9. The van der Waals surface area contributed by atoms with Crippen molar-refractivity contribution in [1.29, 1.82) is 0 Å². The Morgan fingerprint density at radius 3 is 2.40 bits per heavy atom. The first kappa shape index (κ1) is 26.2. The van der Waals surface area contributed by atoms with Crippen molar-refractivity contribution < 1.29 is 12.8 Å². The number of sulfonamides is 1. The van der Waals surface area contributed by atoms with Crippen LogP contribution in [0.4, 0.5) is 4.39 Å². The Hall–Kier alpha value is -1.87. The molecule has 4 rings (SSSR count). The highest BCUT2D eigenvalue weighted by atomic mass is 35.5. The quantitative estimate of drug-likeness (QED) is 0.345. The fourth-order valence-corrected chi connectivity index (χ4v) is 6.67. The molecule has 0 spiro atoms. The predicted molar refractivity (Wildman–Crippen MR) is 142 cm³/mol. The van der Waals surface area contributed by atoms with Gasteiger partial charge in [0.1, 0.15) is 5.82 Å².